The van der Waals surface area contributed by atoms with Gasteiger partial charge in [-0.25, -0.2) is 9.97 Å². The second kappa shape index (κ2) is 9.82. The number of amides is 1. The van der Waals surface area contributed by atoms with Gasteiger partial charge in [-0.15, -0.1) is 0 Å². The minimum Gasteiger partial charge on any atom is -0.468 e. The second-order valence-corrected chi connectivity index (χ2v) is 7.12. The molecule has 168 valence electrons. The van der Waals surface area contributed by atoms with E-state index in [4.69, 9.17) is 11.6 Å². The number of carbonyl (C=O) groups excluding carboxylic acids is 1. The number of aromatic nitrogens is 3. The van der Waals surface area contributed by atoms with Crippen molar-refractivity contribution in [2.75, 3.05) is 6.61 Å². The minimum absolute atomic E-state index is 0.106. The molecule has 0 spiro atoms. The molecule has 0 saturated carbocycles. The van der Waals surface area contributed by atoms with Crippen LogP contribution in [0.2, 0.25) is 5.02 Å². The van der Waals surface area contributed by atoms with Gasteiger partial charge in [-0.1, -0.05) is 24.6 Å². The summed E-state index contributed by atoms with van der Waals surface area (Å²) in [5.74, 6) is -0.121. The number of nitrogens with zero attached hydrogens (tertiary/aromatic N) is 2. The number of H-pyrrole nitrogens is 1. The van der Waals surface area contributed by atoms with Crippen molar-refractivity contribution in [1.29, 1.82) is 0 Å². The number of benzene rings is 1. The van der Waals surface area contributed by atoms with E-state index in [1.165, 1.54) is 24.4 Å². The van der Waals surface area contributed by atoms with Crippen LogP contribution in [0.1, 0.15) is 18.9 Å². The molecule has 0 fully saturated rings. The molecule has 0 aliphatic rings. The Bertz CT molecular complexity index is 1160. The molecule has 2 aromatic heterocycles. The van der Waals surface area contributed by atoms with Gasteiger partial charge in [-0.05, 0) is 23.8 Å². The molecule has 0 saturated heterocycles. The van der Waals surface area contributed by atoms with Gasteiger partial charge in [0.05, 0.1) is 10.7 Å². The lowest BCUT2D eigenvalue weighted by atomic mass is 10.1. The molecular formula is C21H18ClF3N4O3. The van der Waals surface area contributed by atoms with Gasteiger partial charge in [0.25, 0.3) is 5.56 Å². The van der Waals surface area contributed by atoms with Gasteiger partial charge in [0, 0.05) is 42.4 Å². The predicted octanol–water partition coefficient (Wildman–Crippen LogP) is 4.12. The Morgan fingerprint density at radius 2 is 2.00 bits per heavy atom. The lowest BCUT2D eigenvalue weighted by molar-refractivity contribution is -0.154. The molecule has 0 unspecified atom stereocenters. The second-order valence-electron chi connectivity index (χ2n) is 6.71. The molecule has 2 N–H and O–H groups in total. The fourth-order valence-corrected chi connectivity index (χ4v) is 2.90. The summed E-state index contributed by atoms with van der Waals surface area (Å²) in [5, 5.41) is 3.09. The van der Waals surface area contributed by atoms with Crippen molar-refractivity contribution in [2.45, 2.75) is 26.1 Å². The van der Waals surface area contributed by atoms with E-state index >= 15 is 0 Å². The van der Waals surface area contributed by atoms with E-state index in [-0.39, 0.29) is 29.9 Å². The number of ether oxygens (including phenoxy) is 1. The molecule has 2 heterocycles. The lowest BCUT2D eigenvalue weighted by Gasteiger charge is -2.10. The first-order valence-electron chi connectivity index (χ1n) is 9.47. The molecule has 1 amide bonds. The fourth-order valence-electron chi connectivity index (χ4n) is 2.70. The molecule has 3 aromatic rings. The summed E-state index contributed by atoms with van der Waals surface area (Å²) >= 11 is 6.29. The summed E-state index contributed by atoms with van der Waals surface area (Å²) in [4.78, 5) is 34.6. The molecular weight excluding hydrogens is 449 g/mol. The van der Waals surface area contributed by atoms with E-state index in [1.54, 1.807) is 25.1 Å². The summed E-state index contributed by atoms with van der Waals surface area (Å²) in [5.41, 5.74) is 1.40. The molecule has 3 rings (SSSR count). The zero-order chi connectivity index (χ0) is 23.3. The first-order valence-corrected chi connectivity index (χ1v) is 9.85. The molecule has 0 radical (unpaired) electrons. The lowest BCUT2D eigenvalue weighted by Crippen LogP contribution is -2.21. The summed E-state index contributed by atoms with van der Waals surface area (Å²) in [6.45, 7) is 0.566. The van der Waals surface area contributed by atoms with Gasteiger partial charge in [-0.2, -0.15) is 13.2 Å². The molecule has 32 heavy (non-hydrogen) atoms. The van der Waals surface area contributed by atoms with E-state index in [9.17, 15) is 22.8 Å². The highest BCUT2D eigenvalue weighted by Gasteiger charge is 2.28. The highest BCUT2D eigenvalue weighted by molar-refractivity contribution is 6.33. The van der Waals surface area contributed by atoms with Crippen LogP contribution in [0.5, 0.6) is 5.88 Å². The number of halogens is 4. The molecule has 11 heteroatoms. The van der Waals surface area contributed by atoms with Crippen LogP contribution < -0.4 is 15.6 Å². The average molecular weight is 467 g/mol. The standard InChI is InChI=1S/C21H18ClF3N4O3/c1-2-17(30)26-9-12-3-5-15(22)14(7-12)20-28-16(8-18(31)29-20)13-4-6-19(27-10-13)32-11-21(23,24)25/h3-8,10H,2,9,11H2,1H3,(H,26,30)(H,28,29,31). The van der Waals surface area contributed by atoms with Crippen LogP contribution in [0.15, 0.2) is 47.4 Å². The van der Waals surface area contributed by atoms with Crippen molar-refractivity contribution in [3.05, 3.63) is 63.5 Å². The number of rotatable bonds is 7. The van der Waals surface area contributed by atoms with Crippen molar-refractivity contribution >= 4 is 17.5 Å². The molecule has 0 aliphatic heterocycles. The maximum atomic E-state index is 12.3. The smallest absolute Gasteiger partial charge is 0.422 e. The molecule has 0 atom stereocenters. The van der Waals surface area contributed by atoms with Crippen LogP contribution in [0.3, 0.4) is 0 Å². The maximum absolute atomic E-state index is 12.3. The van der Waals surface area contributed by atoms with Crippen molar-refractivity contribution in [1.82, 2.24) is 20.3 Å². The van der Waals surface area contributed by atoms with Gasteiger partial charge in [0.15, 0.2) is 6.61 Å². The van der Waals surface area contributed by atoms with Crippen molar-refractivity contribution in [3.63, 3.8) is 0 Å². The van der Waals surface area contributed by atoms with E-state index in [0.717, 1.165) is 5.56 Å². The summed E-state index contributed by atoms with van der Waals surface area (Å²) in [6, 6.07) is 9.01. The molecule has 0 bridgehead atoms. The van der Waals surface area contributed by atoms with E-state index in [1.807, 2.05) is 0 Å². The largest absolute Gasteiger partial charge is 0.468 e. The molecule has 7 nitrogen and oxygen atoms in total. The number of hydrogen-bond donors (Lipinski definition) is 2. The van der Waals surface area contributed by atoms with E-state index < -0.39 is 18.3 Å². The minimum atomic E-state index is -4.48. The number of nitrogens with one attached hydrogen (secondary N) is 2. The van der Waals surface area contributed by atoms with Gasteiger partial charge in [0.1, 0.15) is 5.82 Å². The van der Waals surface area contributed by atoms with Crippen molar-refractivity contribution in [3.8, 4) is 28.5 Å². The van der Waals surface area contributed by atoms with Gasteiger partial charge in [0.2, 0.25) is 11.8 Å². The highest BCUT2D eigenvalue weighted by atomic mass is 35.5. The summed E-state index contributed by atoms with van der Waals surface area (Å²) in [7, 11) is 0. The quantitative estimate of drug-likeness (QED) is 0.546. The van der Waals surface area contributed by atoms with E-state index in [0.29, 0.717) is 22.6 Å². The third kappa shape index (κ3) is 6.30. The van der Waals surface area contributed by atoms with Crippen LogP contribution in [0.25, 0.3) is 22.6 Å². The zero-order valence-corrected chi connectivity index (χ0v) is 17.5. The Morgan fingerprint density at radius 1 is 1.22 bits per heavy atom. The monoisotopic (exact) mass is 466 g/mol. The Hall–Kier alpha value is -3.40. The Balaban J connectivity index is 1.88. The zero-order valence-electron chi connectivity index (χ0n) is 16.8. The first kappa shape index (κ1) is 23.3. The molecule has 0 aliphatic carbocycles. The van der Waals surface area contributed by atoms with Gasteiger partial charge in [-0.3, -0.25) is 9.59 Å². The first-order chi connectivity index (χ1) is 15.1. The SMILES string of the molecule is CCC(=O)NCc1ccc(Cl)c(-c2nc(-c3ccc(OCC(F)(F)F)nc3)cc(=O)[nH]2)c1. The number of hydrogen-bond acceptors (Lipinski definition) is 5. The van der Waals surface area contributed by atoms with Crippen LogP contribution in [-0.4, -0.2) is 33.6 Å². The highest BCUT2D eigenvalue weighted by Crippen LogP contribution is 2.28. The van der Waals surface area contributed by atoms with Crippen LogP contribution >= 0.6 is 11.6 Å². The Morgan fingerprint density at radius 3 is 2.66 bits per heavy atom. The third-order valence-corrected chi connectivity index (χ3v) is 4.58. The topological polar surface area (TPSA) is 97.0 Å². The van der Waals surface area contributed by atoms with E-state index in [2.05, 4.69) is 25.0 Å². The summed E-state index contributed by atoms with van der Waals surface area (Å²) < 4.78 is 41.4. The molecule has 1 aromatic carbocycles. The third-order valence-electron chi connectivity index (χ3n) is 4.25. The number of carbonyl (C=O) groups is 1. The van der Waals surface area contributed by atoms with Crippen molar-refractivity contribution in [2.24, 2.45) is 0 Å². The number of pyridine rings is 1. The fraction of sp³-hybridized carbons (Fsp3) is 0.238. The summed E-state index contributed by atoms with van der Waals surface area (Å²) in [6.07, 6.45) is -2.86. The average Bonchev–Trinajstić information content (AvgIpc) is 2.76. The maximum Gasteiger partial charge on any atom is 0.422 e. The number of alkyl halides is 3. The van der Waals surface area contributed by atoms with Gasteiger partial charge >= 0.3 is 6.18 Å². The number of aromatic amines is 1. The van der Waals surface area contributed by atoms with Crippen LogP contribution in [0, 0.1) is 0 Å². The Kier molecular flexibility index (Phi) is 7.14. The predicted molar refractivity (Wildman–Crippen MR) is 112 cm³/mol. The van der Waals surface area contributed by atoms with Gasteiger partial charge < -0.3 is 15.0 Å². The Labute approximate surface area is 185 Å². The van der Waals surface area contributed by atoms with Crippen molar-refractivity contribution < 1.29 is 22.7 Å². The normalized spacial score (nSPS) is 11.3. The van der Waals surface area contributed by atoms with Crippen LogP contribution in [0.4, 0.5) is 13.2 Å². The van der Waals surface area contributed by atoms with Crippen LogP contribution in [-0.2, 0) is 11.3 Å².